The van der Waals surface area contributed by atoms with E-state index < -0.39 is 10.0 Å². The van der Waals surface area contributed by atoms with Gasteiger partial charge in [0.1, 0.15) is 0 Å². The van der Waals surface area contributed by atoms with Crippen molar-refractivity contribution >= 4 is 10.0 Å². The average molecular weight is 349 g/mol. The van der Waals surface area contributed by atoms with E-state index >= 15 is 0 Å². The van der Waals surface area contributed by atoms with Crippen LogP contribution in [-0.2, 0) is 16.4 Å². The van der Waals surface area contributed by atoms with E-state index in [1.165, 1.54) is 34.9 Å². The Morgan fingerprint density at radius 1 is 1.12 bits per heavy atom. The van der Waals surface area contributed by atoms with Crippen molar-refractivity contribution in [1.29, 1.82) is 0 Å². The molecular weight excluding hydrogens is 320 g/mol. The van der Waals surface area contributed by atoms with Crippen LogP contribution in [0.1, 0.15) is 47.6 Å². The lowest BCUT2D eigenvalue weighted by Gasteiger charge is -2.51. The standard InChI is InChI=1S/C19H28N2O2S/c1-13-9-15-6-8-20-12-16-5-4-7-21(24(3,22)23)18(16)11-19(20)17(15)10-14(13)2/h9-10,16,18-19H,4-8,11-12H2,1-3H3/t16-,18+,19+/m1/s1. The second-order valence-corrected chi connectivity index (χ2v) is 9.91. The minimum atomic E-state index is -3.11. The predicted molar refractivity (Wildman–Crippen MR) is 96.6 cm³/mol. The fraction of sp³-hybridized carbons (Fsp3) is 0.684. The summed E-state index contributed by atoms with van der Waals surface area (Å²) in [7, 11) is -3.11. The molecule has 0 amide bonds. The van der Waals surface area contributed by atoms with Crippen LogP contribution >= 0.6 is 0 Å². The van der Waals surface area contributed by atoms with Gasteiger partial charge in [-0.05, 0) is 67.7 Å². The molecule has 3 atom stereocenters. The molecular formula is C19H28N2O2S. The van der Waals surface area contributed by atoms with Crippen molar-refractivity contribution in [3.05, 3.63) is 34.4 Å². The molecule has 0 N–H and O–H groups in total. The molecule has 0 unspecified atom stereocenters. The third-order valence-corrected chi connectivity index (χ3v) is 7.76. The number of benzene rings is 1. The molecule has 0 aliphatic carbocycles. The van der Waals surface area contributed by atoms with Gasteiger partial charge < -0.3 is 0 Å². The summed E-state index contributed by atoms with van der Waals surface area (Å²) in [5.74, 6) is 0.498. The van der Waals surface area contributed by atoms with Gasteiger partial charge in [0.2, 0.25) is 10.0 Å². The minimum absolute atomic E-state index is 0.183. The Labute approximate surface area is 145 Å². The van der Waals surface area contributed by atoms with Crippen molar-refractivity contribution in [2.45, 2.75) is 51.6 Å². The van der Waals surface area contributed by atoms with Crippen LogP contribution in [0.4, 0.5) is 0 Å². The van der Waals surface area contributed by atoms with E-state index in [2.05, 4.69) is 30.9 Å². The number of hydrogen-bond acceptors (Lipinski definition) is 3. The number of aryl methyl sites for hydroxylation is 2. The number of rotatable bonds is 1. The van der Waals surface area contributed by atoms with Crippen LogP contribution in [0.3, 0.4) is 0 Å². The molecule has 2 saturated heterocycles. The normalized spacial score (nSPS) is 31.2. The second-order valence-electron chi connectivity index (χ2n) is 7.98. The molecule has 0 aromatic heterocycles. The molecule has 0 saturated carbocycles. The maximum atomic E-state index is 12.3. The first kappa shape index (κ1) is 16.6. The Morgan fingerprint density at radius 2 is 1.88 bits per heavy atom. The van der Waals surface area contributed by atoms with E-state index in [1.807, 2.05) is 0 Å². The van der Waals surface area contributed by atoms with Crippen molar-refractivity contribution in [3.8, 4) is 0 Å². The van der Waals surface area contributed by atoms with Crippen molar-refractivity contribution in [2.75, 3.05) is 25.9 Å². The quantitative estimate of drug-likeness (QED) is 0.783. The van der Waals surface area contributed by atoms with Gasteiger partial charge >= 0.3 is 0 Å². The lowest BCUT2D eigenvalue weighted by atomic mass is 9.77. The Bertz CT molecular complexity index is 759. The molecule has 2 fully saturated rings. The van der Waals surface area contributed by atoms with Crippen molar-refractivity contribution < 1.29 is 8.42 Å². The van der Waals surface area contributed by atoms with Gasteiger partial charge in [-0.3, -0.25) is 4.90 Å². The highest BCUT2D eigenvalue weighted by Gasteiger charge is 2.44. The lowest BCUT2D eigenvalue weighted by molar-refractivity contribution is 0.0222. The number of piperidine rings is 2. The van der Waals surface area contributed by atoms with Gasteiger partial charge in [-0.15, -0.1) is 0 Å². The van der Waals surface area contributed by atoms with Crippen LogP contribution in [-0.4, -0.2) is 49.6 Å². The monoisotopic (exact) mass is 348 g/mol. The van der Waals surface area contributed by atoms with Crippen LogP contribution in [0.25, 0.3) is 0 Å². The molecule has 0 bridgehead atoms. The molecule has 3 aliphatic heterocycles. The Hall–Kier alpha value is -0.910. The SMILES string of the molecule is Cc1cc2c(cc1C)[C@@H]1C[C@H]3[C@H](CCCN3S(C)(=O)=O)CN1CC2. The van der Waals surface area contributed by atoms with Gasteiger partial charge in [-0.1, -0.05) is 12.1 Å². The highest BCUT2D eigenvalue weighted by Crippen LogP contribution is 2.43. The van der Waals surface area contributed by atoms with E-state index in [4.69, 9.17) is 0 Å². The van der Waals surface area contributed by atoms with E-state index in [-0.39, 0.29) is 6.04 Å². The Balaban J connectivity index is 1.70. The van der Waals surface area contributed by atoms with Crippen LogP contribution in [0.5, 0.6) is 0 Å². The van der Waals surface area contributed by atoms with Gasteiger partial charge in [-0.25, -0.2) is 8.42 Å². The van der Waals surface area contributed by atoms with Gasteiger partial charge in [0, 0.05) is 31.7 Å². The van der Waals surface area contributed by atoms with Crippen molar-refractivity contribution in [2.24, 2.45) is 5.92 Å². The van der Waals surface area contributed by atoms with E-state index in [0.717, 1.165) is 32.4 Å². The Morgan fingerprint density at radius 3 is 2.62 bits per heavy atom. The molecule has 1 aromatic carbocycles. The molecule has 4 nitrogen and oxygen atoms in total. The first-order chi connectivity index (χ1) is 11.3. The maximum Gasteiger partial charge on any atom is 0.211 e. The van der Waals surface area contributed by atoms with E-state index in [9.17, 15) is 8.42 Å². The highest BCUT2D eigenvalue weighted by molar-refractivity contribution is 7.88. The molecule has 3 aliphatic rings. The summed E-state index contributed by atoms with van der Waals surface area (Å²) in [6, 6.07) is 5.28. The van der Waals surface area contributed by atoms with Crippen LogP contribution in [0.15, 0.2) is 12.1 Å². The molecule has 1 aromatic rings. The van der Waals surface area contributed by atoms with E-state index in [0.29, 0.717) is 18.5 Å². The second kappa shape index (κ2) is 5.82. The average Bonchev–Trinajstić information content (AvgIpc) is 2.53. The molecule has 0 radical (unpaired) electrons. The lowest BCUT2D eigenvalue weighted by Crippen LogP contribution is -2.57. The zero-order valence-corrected chi connectivity index (χ0v) is 15.8. The maximum absolute atomic E-state index is 12.3. The molecule has 3 heterocycles. The fourth-order valence-corrected chi connectivity index (χ4v) is 6.31. The molecule has 0 spiro atoms. The summed E-state index contributed by atoms with van der Waals surface area (Å²) < 4.78 is 26.3. The fourth-order valence-electron chi connectivity index (χ4n) is 5.10. The van der Waals surface area contributed by atoms with Crippen LogP contribution in [0.2, 0.25) is 0 Å². The number of nitrogens with zero attached hydrogens (tertiary/aromatic N) is 2. The zero-order valence-electron chi connectivity index (χ0n) is 15.0. The van der Waals surface area contributed by atoms with Crippen molar-refractivity contribution in [1.82, 2.24) is 9.21 Å². The summed E-state index contributed by atoms with van der Waals surface area (Å²) in [5, 5.41) is 0. The predicted octanol–water partition coefficient (Wildman–Crippen LogP) is 2.65. The first-order valence-electron chi connectivity index (χ1n) is 9.15. The highest BCUT2D eigenvalue weighted by atomic mass is 32.2. The summed E-state index contributed by atoms with van der Waals surface area (Å²) in [4.78, 5) is 2.62. The topological polar surface area (TPSA) is 40.6 Å². The van der Waals surface area contributed by atoms with Crippen molar-refractivity contribution in [3.63, 3.8) is 0 Å². The Kier molecular flexibility index (Phi) is 4.01. The first-order valence-corrected chi connectivity index (χ1v) is 11.0. The van der Waals surface area contributed by atoms with Gasteiger partial charge in [0.25, 0.3) is 0 Å². The largest absolute Gasteiger partial charge is 0.296 e. The van der Waals surface area contributed by atoms with Crippen LogP contribution in [0, 0.1) is 19.8 Å². The number of hydrogen-bond donors (Lipinski definition) is 0. The van der Waals surface area contributed by atoms with Crippen LogP contribution < -0.4 is 0 Å². The molecule has 132 valence electrons. The van der Waals surface area contributed by atoms with E-state index in [1.54, 1.807) is 4.31 Å². The molecule has 4 rings (SSSR count). The summed E-state index contributed by atoms with van der Waals surface area (Å²) in [5.41, 5.74) is 5.63. The third-order valence-electron chi connectivity index (χ3n) is 6.45. The minimum Gasteiger partial charge on any atom is -0.296 e. The van der Waals surface area contributed by atoms with Gasteiger partial charge in [-0.2, -0.15) is 4.31 Å². The number of fused-ring (bicyclic) bond motifs is 4. The summed E-state index contributed by atoms with van der Waals surface area (Å²) in [6.45, 7) is 7.23. The van der Waals surface area contributed by atoms with Gasteiger partial charge in [0.05, 0.1) is 6.26 Å². The summed E-state index contributed by atoms with van der Waals surface area (Å²) >= 11 is 0. The zero-order chi connectivity index (χ0) is 17.1. The van der Waals surface area contributed by atoms with Gasteiger partial charge in [0.15, 0.2) is 0 Å². The molecule has 24 heavy (non-hydrogen) atoms. The molecule has 5 heteroatoms. The third kappa shape index (κ3) is 2.71. The summed E-state index contributed by atoms with van der Waals surface area (Å²) in [6.07, 6.45) is 5.62. The number of sulfonamides is 1. The smallest absolute Gasteiger partial charge is 0.211 e.